The molecule has 0 radical (unpaired) electrons. The second kappa shape index (κ2) is 3.21. The molecule has 0 spiro atoms. The Morgan fingerprint density at radius 2 is 1.92 bits per heavy atom. The molecule has 3 nitrogen and oxygen atoms in total. The van der Waals surface area contributed by atoms with Crippen LogP contribution in [0, 0.1) is 0 Å². The Balaban J connectivity index is 3.37. The molecule has 1 amide bonds. The average molecular weight is 205 g/mol. The summed E-state index contributed by atoms with van der Waals surface area (Å²) in [7, 11) is 0. The lowest BCUT2D eigenvalue weighted by Gasteiger charge is -2.02. The maximum absolute atomic E-state index is 10.7. The predicted molar refractivity (Wildman–Crippen MR) is 49.4 cm³/mol. The summed E-state index contributed by atoms with van der Waals surface area (Å²) in [6.07, 6.45) is 0. The van der Waals surface area contributed by atoms with Crippen molar-refractivity contribution in [2.75, 3.05) is 5.73 Å². The first-order valence-electron chi connectivity index (χ1n) is 3.06. The first-order chi connectivity index (χ1) is 5.52. The van der Waals surface area contributed by atoms with Gasteiger partial charge in [0.15, 0.2) is 0 Å². The van der Waals surface area contributed by atoms with Crippen molar-refractivity contribution in [2.45, 2.75) is 0 Å². The Hall–Kier alpha value is -0.930. The lowest BCUT2D eigenvalue weighted by atomic mass is 10.2. The largest absolute Gasteiger partial charge is 0.399 e. The number of hydrogen-bond donors (Lipinski definition) is 2. The quantitative estimate of drug-likeness (QED) is 0.684. The summed E-state index contributed by atoms with van der Waals surface area (Å²) in [4.78, 5) is 10.7. The van der Waals surface area contributed by atoms with E-state index in [1.54, 1.807) is 0 Å². The molecule has 0 saturated carbocycles. The van der Waals surface area contributed by atoms with Crippen molar-refractivity contribution < 1.29 is 4.79 Å². The van der Waals surface area contributed by atoms with Crippen LogP contribution in [-0.4, -0.2) is 5.91 Å². The van der Waals surface area contributed by atoms with Crippen LogP contribution in [0.5, 0.6) is 0 Å². The molecule has 1 aromatic carbocycles. The number of benzene rings is 1. The van der Waals surface area contributed by atoms with E-state index in [0.29, 0.717) is 5.69 Å². The van der Waals surface area contributed by atoms with Crippen LogP contribution >= 0.6 is 23.2 Å². The average Bonchev–Trinajstić information content (AvgIpc) is 1.96. The summed E-state index contributed by atoms with van der Waals surface area (Å²) < 4.78 is 0. The van der Waals surface area contributed by atoms with Crippen molar-refractivity contribution in [2.24, 2.45) is 5.73 Å². The number of halogens is 2. The van der Waals surface area contributed by atoms with Crippen LogP contribution in [0.15, 0.2) is 12.1 Å². The molecule has 0 unspecified atom stereocenters. The molecule has 0 aromatic heterocycles. The van der Waals surface area contributed by atoms with Crippen molar-refractivity contribution in [1.82, 2.24) is 0 Å². The highest BCUT2D eigenvalue weighted by molar-refractivity contribution is 6.44. The number of amides is 1. The fraction of sp³-hybridized carbons (Fsp3) is 0. The van der Waals surface area contributed by atoms with Gasteiger partial charge in [0.05, 0.1) is 15.6 Å². The Kier molecular flexibility index (Phi) is 2.45. The van der Waals surface area contributed by atoms with Gasteiger partial charge in [-0.05, 0) is 12.1 Å². The van der Waals surface area contributed by atoms with Gasteiger partial charge in [-0.15, -0.1) is 0 Å². The Morgan fingerprint density at radius 3 is 2.42 bits per heavy atom. The van der Waals surface area contributed by atoms with E-state index in [0.717, 1.165) is 0 Å². The van der Waals surface area contributed by atoms with Gasteiger partial charge in [0, 0.05) is 5.69 Å². The maximum atomic E-state index is 10.7. The molecule has 12 heavy (non-hydrogen) atoms. The molecule has 0 bridgehead atoms. The molecule has 0 aliphatic heterocycles. The van der Waals surface area contributed by atoms with Gasteiger partial charge >= 0.3 is 0 Å². The third-order valence-electron chi connectivity index (χ3n) is 1.32. The standard InChI is InChI=1S/C7H6Cl2N2O/c8-5-2-3(10)1-4(6(5)9)7(11)12/h1-2H,10H2,(H2,11,12). The minimum atomic E-state index is -0.644. The molecule has 0 atom stereocenters. The van der Waals surface area contributed by atoms with Gasteiger partial charge in [0.2, 0.25) is 5.91 Å². The molecule has 0 aliphatic carbocycles. The molecule has 0 saturated heterocycles. The number of anilines is 1. The summed E-state index contributed by atoms with van der Waals surface area (Å²) >= 11 is 11.3. The van der Waals surface area contributed by atoms with Crippen LogP contribution in [0.2, 0.25) is 10.0 Å². The minimum absolute atomic E-state index is 0.137. The fourth-order valence-corrected chi connectivity index (χ4v) is 1.22. The summed E-state index contributed by atoms with van der Waals surface area (Å²) in [5.41, 5.74) is 10.9. The first kappa shape index (κ1) is 9.16. The van der Waals surface area contributed by atoms with Crippen molar-refractivity contribution in [3.63, 3.8) is 0 Å². The number of hydrogen-bond acceptors (Lipinski definition) is 2. The fourth-order valence-electron chi connectivity index (χ4n) is 0.789. The molecular weight excluding hydrogens is 199 g/mol. The Bertz CT molecular complexity index is 338. The van der Waals surface area contributed by atoms with Crippen LogP contribution in [0.4, 0.5) is 5.69 Å². The number of primary amides is 1. The van der Waals surface area contributed by atoms with E-state index in [-0.39, 0.29) is 15.6 Å². The van der Waals surface area contributed by atoms with Gasteiger partial charge in [-0.3, -0.25) is 4.79 Å². The highest BCUT2D eigenvalue weighted by atomic mass is 35.5. The topological polar surface area (TPSA) is 69.1 Å². The Morgan fingerprint density at radius 1 is 1.33 bits per heavy atom. The van der Waals surface area contributed by atoms with Crippen LogP contribution in [-0.2, 0) is 0 Å². The monoisotopic (exact) mass is 204 g/mol. The number of rotatable bonds is 1. The van der Waals surface area contributed by atoms with Crippen LogP contribution in [0.3, 0.4) is 0 Å². The van der Waals surface area contributed by atoms with Crippen molar-refractivity contribution in [3.8, 4) is 0 Å². The summed E-state index contributed by atoms with van der Waals surface area (Å²) in [5.74, 6) is -0.644. The number of carbonyl (C=O) groups excluding carboxylic acids is 1. The summed E-state index contributed by atoms with van der Waals surface area (Å²) in [6, 6.07) is 2.84. The van der Waals surface area contributed by atoms with E-state index in [9.17, 15) is 4.79 Å². The smallest absolute Gasteiger partial charge is 0.250 e. The van der Waals surface area contributed by atoms with Crippen molar-refractivity contribution >= 4 is 34.8 Å². The van der Waals surface area contributed by atoms with E-state index in [1.165, 1.54) is 12.1 Å². The van der Waals surface area contributed by atoms with Gasteiger partial charge in [0.25, 0.3) is 0 Å². The maximum Gasteiger partial charge on any atom is 0.250 e. The second-order valence-corrected chi connectivity index (χ2v) is 3.01. The zero-order valence-corrected chi connectivity index (χ0v) is 7.49. The molecule has 64 valence electrons. The summed E-state index contributed by atoms with van der Waals surface area (Å²) in [5, 5.41) is 0.365. The van der Waals surface area contributed by atoms with Crippen LogP contribution in [0.25, 0.3) is 0 Å². The normalized spacial score (nSPS) is 9.83. The van der Waals surface area contributed by atoms with E-state index < -0.39 is 5.91 Å². The zero-order chi connectivity index (χ0) is 9.30. The second-order valence-electron chi connectivity index (χ2n) is 2.23. The van der Waals surface area contributed by atoms with Gasteiger partial charge in [-0.25, -0.2) is 0 Å². The SMILES string of the molecule is NC(=O)c1cc(N)cc(Cl)c1Cl. The van der Waals surface area contributed by atoms with Crippen molar-refractivity contribution in [1.29, 1.82) is 0 Å². The zero-order valence-electron chi connectivity index (χ0n) is 5.97. The van der Waals surface area contributed by atoms with Gasteiger partial charge in [-0.2, -0.15) is 0 Å². The van der Waals surface area contributed by atoms with Crippen molar-refractivity contribution in [3.05, 3.63) is 27.7 Å². The number of carbonyl (C=O) groups is 1. The van der Waals surface area contributed by atoms with Crippen LogP contribution < -0.4 is 11.5 Å². The highest BCUT2D eigenvalue weighted by Gasteiger charge is 2.10. The number of nitrogens with two attached hydrogens (primary N) is 2. The molecule has 5 heteroatoms. The van der Waals surface area contributed by atoms with E-state index in [2.05, 4.69) is 0 Å². The molecule has 0 aliphatic rings. The van der Waals surface area contributed by atoms with Gasteiger partial charge in [-0.1, -0.05) is 23.2 Å². The minimum Gasteiger partial charge on any atom is -0.399 e. The molecule has 0 fully saturated rings. The van der Waals surface area contributed by atoms with E-state index in [4.69, 9.17) is 34.7 Å². The van der Waals surface area contributed by atoms with Crippen LogP contribution in [0.1, 0.15) is 10.4 Å². The highest BCUT2D eigenvalue weighted by Crippen LogP contribution is 2.28. The molecule has 4 N–H and O–H groups in total. The lowest BCUT2D eigenvalue weighted by molar-refractivity contribution is 0.100. The third kappa shape index (κ3) is 1.62. The number of nitrogen functional groups attached to an aromatic ring is 1. The Labute approximate surface area is 79.2 Å². The molecule has 1 rings (SSSR count). The van der Waals surface area contributed by atoms with E-state index in [1.807, 2.05) is 0 Å². The predicted octanol–water partition coefficient (Wildman–Crippen LogP) is 1.67. The van der Waals surface area contributed by atoms with Gasteiger partial charge < -0.3 is 11.5 Å². The molecule has 0 heterocycles. The summed E-state index contributed by atoms with van der Waals surface area (Å²) in [6.45, 7) is 0. The lowest BCUT2D eigenvalue weighted by Crippen LogP contribution is -2.12. The first-order valence-corrected chi connectivity index (χ1v) is 3.82. The molecular formula is C7H6Cl2N2O. The molecule has 1 aromatic rings. The third-order valence-corrected chi connectivity index (χ3v) is 2.12. The van der Waals surface area contributed by atoms with E-state index >= 15 is 0 Å². The van der Waals surface area contributed by atoms with Gasteiger partial charge in [0.1, 0.15) is 0 Å².